The Labute approximate surface area is 147 Å². The lowest BCUT2D eigenvalue weighted by Gasteiger charge is -2.12. The first-order valence-electron chi connectivity index (χ1n) is 8.32. The number of ether oxygens (including phenoxy) is 1. The number of benzene rings is 2. The lowest BCUT2D eigenvalue weighted by Crippen LogP contribution is -2.21. The summed E-state index contributed by atoms with van der Waals surface area (Å²) < 4.78 is 5.71. The largest absolute Gasteiger partial charge is 0.476 e. The third-order valence-corrected chi connectivity index (χ3v) is 3.91. The monoisotopic (exact) mass is 335 g/mol. The molecule has 0 radical (unpaired) electrons. The van der Waals surface area contributed by atoms with Crippen LogP contribution in [0.3, 0.4) is 0 Å². The van der Waals surface area contributed by atoms with Gasteiger partial charge in [-0.15, -0.1) is 10.2 Å². The molecule has 0 atom stereocenters. The Morgan fingerprint density at radius 2 is 1.68 bits per heavy atom. The van der Waals surface area contributed by atoms with E-state index in [4.69, 9.17) is 4.74 Å². The van der Waals surface area contributed by atoms with Crippen molar-refractivity contribution in [1.82, 2.24) is 15.1 Å². The zero-order chi connectivity index (χ0) is 17.8. The van der Waals surface area contributed by atoms with Gasteiger partial charge >= 0.3 is 0 Å². The van der Waals surface area contributed by atoms with Gasteiger partial charge in [0, 0.05) is 36.0 Å². The number of hydrogen-bond donors (Lipinski definition) is 0. The first kappa shape index (κ1) is 16.9. The Morgan fingerprint density at radius 1 is 1.00 bits per heavy atom. The van der Waals surface area contributed by atoms with Gasteiger partial charge in [-0.3, -0.25) is 4.79 Å². The highest BCUT2D eigenvalue weighted by Gasteiger charge is 2.13. The van der Waals surface area contributed by atoms with Crippen molar-refractivity contribution in [2.24, 2.45) is 0 Å². The standard InChI is InChI=1S/C20H21N3O2/c1-4-13-25-19-17-8-6-5-7-16(17)18(21-22-19)14-9-11-15(12-10-14)20(24)23(2)3/h5-12H,4,13H2,1-3H3. The predicted molar refractivity (Wildman–Crippen MR) is 98.8 cm³/mol. The molecule has 0 aliphatic heterocycles. The van der Waals surface area contributed by atoms with Crippen LogP contribution < -0.4 is 4.74 Å². The molecule has 3 aromatic rings. The van der Waals surface area contributed by atoms with Crippen molar-refractivity contribution >= 4 is 16.7 Å². The van der Waals surface area contributed by atoms with Crippen LogP contribution in [0, 0.1) is 0 Å². The number of carbonyl (C=O) groups is 1. The molecule has 0 unspecified atom stereocenters. The van der Waals surface area contributed by atoms with E-state index >= 15 is 0 Å². The molecule has 25 heavy (non-hydrogen) atoms. The van der Waals surface area contributed by atoms with Gasteiger partial charge < -0.3 is 9.64 Å². The van der Waals surface area contributed by atoms with Gasteiger partial charge in [0.25, 0.3) is 5.91 Å². The van der Waals surface area contributed by atoms with Gasteiger partial charge in [-0.1, -0.05) is 37.3 Å². The summed E-state index contributed by atoms with van der Waals surface area (Å²) >= 11 is 0. The molecule has 1 amide bonds. The third kappa shape index (κ3) is 3.45. The van der Waals surface area contributed by atoms with Crippen molar-refractivity contribution in [3.63, 3.8) is 0 Å². The van der Waals surface area contributed by atoms with Gasteiger partial charge in [-0.25, -0.2) is 0 Å². The zero-order valence-corrected chi connectivity index (χ0v) is 14.7. The normalized spacial score (nSPS) is 10.7. The Morgan fingerprint density at radius 3 is 2.32 bits per heavy atom. The van der Waals surface area contributed by atoms with E-state index in [1.165, 1.54) is 0 Å². The molecule has 2 aromatic carbocycles. The number of nitrogens with zero attached hydrogens (tertiary/aromatic N) is 3. The average molecular weight is 335 g/mol. The van der Waals surface area contributed by atoms with Crippen LogP contribution >= 0.6 is 0 Å². The lowest BCUT2D eigenvalue weighted by atomic mass is 10.0. The second kappa shape index (κ2) is 7.30. The quantitative estimate of drug-likeness (QED) is 0.712. The van der Waals surface area contributed by atoms with Crippen LogP contribution in [0.4, 0.5) is 0 Å². The molecule has 1 heterocycles. The maximum absolute atomic E-state index is 12.0. The van der Waals surface area contributed by atoms with Crippen LogP contribution in [0.25, 0.3) is 22.0 Å². The zero-order valence-electron chi connectivity index (χ0n) is 14.7. The van der Waals surface area contributed by atoms with Crippen molar-refractivity contribution in [1.29, 1.82) is 0 Å². The fourth-order valence-electron chi connectivity index (χ4n) is 2.63. The Hall–Kier alpha value is -2.95. The molecule has 0 spiro atoms. The summed E-state index contributed by atoms with van der Waals surface area (Å²) in [5.41, 5.74) is 2.35. The Bertz CT molecular complexity index is 889. The number of aromatic nitrogens is 2. The van der Waals surface area contributed by atoms with Gasteiger partial charge in [-0.2, -0.15) is 0 Å². The highest BCUT2D eigenvalue weighted by molar-refractivity contribution is 5.98. The molecular formula is C20H21N3O2. The number of hydrogen-bond acceptors (Lipinski definition) is 4. The molecule has 0 fully saturated rings. The molecule has 5 heteroatoms. The number of rotatable bonds is 5. The van der Waals surface area contributed by atoms with E-state index in [0.717, 1.165) is 28.5 Å². The summed E-state index contributed by atoms with van der Waals surface area (Å²) in [7, 11) is 3.48. The third-order valence-electron chi connectivity index (χ3n) is 3.91. The Kier molecular flexibility index (Phi) is 4.93. The molecule has 0 saturated heterocycles. The molecule has 3 rings (SSSR count). The molecule has 0 N–H and O–H groups in total. The van der Waals surface area contributed by atoms with Crippen LogP contribution in [0.1, 0.15) is 23.7 Å². The van der Waals surface area contributed by atoms with Crippen LogP contribution in [0.5, 0.6) is 5.88 Å². The van der Waals surface area contributed by atoms with E-state index in [1.54, 1.807) is 19.0 Å². The van der Waals surface area contributed by atoms with Gasteiger partial charge in [0.1, 0.15) is 5.69 Å². The average Bonchev–Trinajstić information content (AvgIpc) is 2.65. The van der Waals surface area contributed by atoms with Crippen molar-refractivity contribution in [3.05, 3.63) is 54.1 Å². The minimum Gasteiger partial charge on any atom is -0.476 e. The molecule has 0 bridgehead atoms. The van der Waals surface area contributed by atoms with E-state index < -0.39 is 0 Å². The maximum Gasteiger partial charge on any atom is 0.253 e. The second-order valence-corrected chi connectivity index (χ2v) is 6.02. The van der Waals surface area contributed by atoms with E-state index in [2.05, 4.69) is 17.1 Å². The van der Waals surface area contributed by atoms with E-state index in [0.29, 0.717) is 18.1 Å². The van der Waals surface area contributed by atoms with Gasteiger partial charge in [0.2, 0.25) is 5.88 Å². The van der Waals surface area contributed by atoms with Crippen molar-refractivity contribution < 1.29 is 9.53 Å². The summed E-state index contributed by atoms with van der Waals surface area (Å²) in [5.74, 6) is 0.534. The summed E-state index contributed by atoms with van der Waals surface area (Å²) in [6.07, 6.45) is 0.916. The molecule has 0 saturated carbocycles. The number of amides is 1. The minimum absolute atomic E-state index is 0.0224. The van der Waals surface area contributed by atoms with Crippen LogP contribution in [-0.2, 0) is 0 Å². The fourth-order valence-corrected chi connectivity index (χ4v) is 2.63. The maximum atomic E-state index is 12.0. The summed E-state index contributed by atoms with van der Waals surface area (Å²) in [6.45, 7) is 2.67. The minimum atomic E-state index is -0.0224. The van der Waals surface area contributed by atoms with Crippen LogP contribution in [0.2, 0.25) is 0 Å². The van der Waals surface area contributed by atoms with E-state index in [1.807, 2.05) is 48.5 Å². The number of carbonyl (C=O) groups excluding carboxylic acids is 1. The highest BCUT2D eigenvalue weighted by Crippen LogP contribution is 2.30. The topological polar surface area (TPSA) is 55.3 Å². The second-order valence-electron chi connectivity index (χ2n) is 6.02. The first-order valence-corrected chi connectivity index (χ1v) is 8.32. The van der Waals surface area contributed by atoms with E-state index in [-0.39, 0.29) is 5.91 Å². The fraction of sp³-hybridized carbons (Fsp3) is 0.250. The lowest BCUT2D eigenvalue weighted by molar-refractivity contribution is 0.0827. The summed E-state index contributed by atoms with van der Waals surface area (Å²) in [5, 5.41) is 10.5. The van der Waals surface area contributed by atoms with E-state index in [9.17, 15) is 4.79 Å². The molecular weight excluding hydrogens is 314 g/mol. The molecule has 5 nitrogen and oxygen atoms in total. The van der Waals surface area contributed by atoms with Gasteiger partial charge in [-0.05, 0) is 24.6 Å². The Balaban J connectivity index is 2.03. The SMILES string of the molecule is CCCOc1nnc(-c2ccc(C(=O)N(C)C)cc2)c2ccccc12. The van der Waals surface area contributed by atoms with Crippen LogP contribution in [0.15, 0.2) is 48.5 Å². The van der Waals surface area contributed by atoms with Crippen molar-refractivity contribution in [2.45, 2.75) is 13.3 Å². The van der Waals surface area contributed by atoms with Gasteiger partial charge in [0.05, 0.1) is 6.61 Å². The van der Waals surface area contributed by atoms with Crippen LogP contribution in [-0.4, -0.2) is 41.7 Å². The van der Waals surface area contributed by atoms with Crippen molar-refractivity contribution in [2.75, 3.05) is 20.7 Å². The van der Waals surface area contributed by atoms with Gasteiger partial charge in [0.15, 0.2) is 0 Å². The molecule has 0 aliphatic carbocycles. The molecule has 0 aliphatic rings. The summed E-state index contributed by atoms with van der Waals surface area (Å²) in [4.78, 5) is 13.6. The molecule has 128 valence electrons. The number of fused-ring (bicyclic) bond motifs is 1. The first-order chi connectivity index (χ1) is 12.1. The summed E-state index contributed by atoms with van der Waals surface area (Å²) in [6, 6.07) is 15.4. The molecule has 1 aromatic heterocycles. The highest BCUT2D eigenvalue weighted by atomic mass is 16.5. The predicted octanol–water partition coefficient (Wildman–Crippen LogP) is 3.79. The van der Waals surface area contributed by atoms with Crippen molar-refractivity contribution in [3.8, 4) is 17.1 Å². The smallest absolute Gasteiger partial charge is 0.253 e.